The zero-order chi connectivity index (χ0) is 17.0. The molecule has 0 aliphatic carbocycles. The van der Waals surface area contributed by atoms with Gasteiger partial charge in [0.25, 0.3) is 0 Å². The van der Waals surface area contributed by atoms with Crippen molar-refractivity contribution in [3.05, 3.63) is 69.7 Å². The Hall–Kier alpha value is -1.02. The molecule has 0 aliphatic rings. The molecule has 0 aromatic heterocycles. The van der Waals surface area contributed by atoms with E-state index in [1.165, 1.54) is 11.1 Å². The summed E-state index contributed by atoms with van der Waals surface area (Å²) in [6.45, 7) is 8.40. The van der Waals surface area contributed by atoms with Crippen LogP contribution in [0.25, 0.3) is 0 Å². The molecule has 1 nitrogen and oxygen atoms in total. The minimum atomic E-state index is -0.176. The second-order valence-electron chi connectivity index (χ2n) is 6.92. The average Bonchev–Trinajstić information content (AvgIpc) is 2.46. The second kappa shape index (κ2) is 7.70. The van der Waals surface area contributed by atoms with Gasteiger partial charge in [0.05, 0.1) is 11.7 Å². The molecule has 0 spiro atoms. The highest BCUT2D eigenvalue weighted by Gasteiger charge is 2.25. The van der Waals surface area contributed by atoms with E-state index >= 15 is 0 Å². The molecule has 2 rings (SSSR count). The summed E-state index contributed by atoms with van der Waals surface area (Å²) in [4.78, 5) is 0. The highest BCUT2D eigenvalue weighted by atomic mass is 35.5. The molecular weight excluding hydrogens is 327 g/mol. The van der Waals surface area contributed by atoms with E-state index in [4.69, 9.17) is 27.9 Å². The van der Waals surface area contributed by atoms with E-state index in [9.17, 15) is 0 Å². The van der Waals surface area contributed by atoms with Crippen LogP contribution in [0.1, 0.15) is 44.7 Å². The number of ether oxygens (including phenoxy) is 1. The number of hydrogen-bond donors (Lipinski definition) is 0. The molecule has 0 saturated carbocycles. The molecule has 2 atom stereocenters. The monoisotopic (exact) mass is 350 g/mol. The van der Waals surface area contributed by atoms with Gasteiger partial charge in [-0.1, -0.05) is 47.5 Å². The predicted molar refractivity (Wildman–Crippen MR) is 99.6 cm³/mol. The summed E-state index contributed by atoms with van der Waals surface area (Å²) in [6, 6.07) is 16.1. The first-order valence-corrected chi connectivity index (χ1v) is 8.68. The SMILES string of the molecule is CC(OC(C)(C)C)C(Cc1ccc(Cl)cc1)c1ccc(Cl)cc1. The predicted octanol–water partition coefficient (Wildman–Crippen LogP) is 6.52. The lowest BCUT2D eigenvalue weighted by atomic mass is 9.87. The maximum atomic E-state index is 6.22. The summed E-state index contributed by atoms with van der Waals surface area (Å²) in [7, 11) is 0. The Labute approximate surface area is 149 Å². The van der Waals surface area contributed by atoms with Crippen molar-refractivity contribution < 1.29 is 4.74 Å². The lowest BCUT2D eigenvalue weighted by Crippen LogP contribution is -2.30. The Morgan fingerprint density at radius 2 is 1.35 bits per heavy atom. The van der Waals surface area contributed by atoms with Gasteiger partial charge in [-0.2, -0.15) is 0 Å². The molecule has 0 fully saturated rings. The molecule has 0 N–H and O–H groups in total. The Kier molecular flexibility index (Phi) is 6.13. The first-order chi connectivity index (χ1) is 10.7. The fourth-order valence-corrected chi connectivity index (χ4v) is 3.03. The third-order valence-corrected chi connectivity index (χ3v) is 4.28. The molecule has 0 saturated heterocycles. The van der Waals surface area contributed by atoms with Crippen molar-refractivity contribution in [3.8, 4) is 0 Å². The normalized spacial score (nSPS) is 14.5. The molecule has 0 radical (unpaired) electrons. The van der Waals surface area contributed by atoms with Crippen molar-refractivity contribution >= 4 is 23.2 Å². The Morgan fingerprint density at radius 1 is 0.870 bits per heavy atom. The Balaban J connectivity index is 2.26. The molecular formula is C20H24Cl2O. The molecule has 2 aromatic carbocycles. The van der Waals surface area contributed by atoms with E-state index < -0.39 is 0 Å². The van der Waals surface area contributed by atoms with Gasteiger partial charge < -0.3 is 4.74 Å². The smallest absolute Gasteiger partial charge is 0.0625 e. The fourth-order valence-electron chi connectivity index (χ4n) is 2.78. The lowest BCUT2D eigenvalue weighted by molar-refractivity contribution is -0.0624. The molecule has 2 unspecified atom stereocenters. The van der Waals surface area contributed by atoms with Gasteiger partial charge in [0.15, 0.2) is 0 Å². The molecule has 0 bridgehead atoms. The van der Waals surface area contributed by atoms with Crippen LogP contribution in [0, 0.1) is 0 Å². The first-order valence-electron chi connectivity index (χ1n) is 7.92. The van der Waals surface area contributed by atoms with E-state index in [0.29, 0.717) is 0 Å². The molecule has 0 aliphatic heterocycles. The highest BCUT2D eigenvalue weighted by molar-refractivity contribution is 6.30. The van der Waals surface area contributed by atoms with Crippen molar-refractivity contribution in [3.63, 3.8) is 0 Å². The van der Waals surface area contributed by atoms with Gasteiger partial charge in [0.1, 0.15) is 0 Å². The van der Waals surface area contributed by atoms with Gasteiger partial charge in [-0.15, -0.1) is 0 Å². The van der Waals surface area contributed by atoms with Gasteiger partial charge >= 0.3 is 0 Å². The highest BCUT2D eigenvalue weighted by Crippen LogP contribution is 2.30. The van der Waals surface area contributed by atoms with Crippen LogP contribution in [0.15, 0.2) is 48.5 Å². The van der Waals surface area contributed by atoms with Crippen LogP contribution in [0.4, 0.5) is 0 Å². The Bertz CT molecular complexity index is 612. The largest absolute Gasteiger partial charge is 0.372 e. The van der Waals surface area contributed by atoms with Crippen LogP contribution in [-0.4, -0.2) is 11.7 Å². The third kappa shape index (κ3) is 5.84. The van der Waals surface area contributed by atoms with Crippen molar-refractivity contribution in [2.75, 3.05) is 0 Å². The summed E-state index contributed by atoms with van der Waals surface area (Å²) in [5, 5.41) is 1.51. The van der Waals surface area contributed by atoms with Crippen molar-refractivity contribution in [1.82, 2.24) is 0 Å². The molecule has 0 amide bonds. The summed E-state index contributed by atoms with van der Waals surface area (Å²) >= 11 is 12.0. The summed E-state index contributed by atoms with van der Waals surface area (Å²) in [5.74, 6) is 0.257. The van der Waals surface area contributed by atoms with E-state index in [0.717, 1.165) is 16.5 Å². The lowest BCUT2D eigenvalue weighted by Gasteiger charge is -2.31. The zero-order valence-electron chi connectivity index (χ0n) is 14.1. The minimum absolute atomic E-state index is 0.0897. The maximum Gasteiger partial charge on any atom is 0.0625 e. The third-order valence-electron chi connectivity index (χ3n) is 3.77. The van der Waals surface area contributed by atoms with E-state index in [1.807, 2.05) is 24.3 Å². The van der Waals surface area contributed by atoms with Crippen LogP contribution in [0.2, 0.25) is 10.0 Å². The first kappa shape index (κ1) is 18.3. The summed E-state index contributed by atoms with van der Waals surface area (Å²) in [6.07, 6.45) is 0.989. The van der Waals surface area contributed by atoms with Crippen LogP contribution in [0.3, 0.4) is 0 Å². The van der Waals surface area contributed by atoms with E-state index in [-0.39, 0.29) is 17.6 Å². The molecule has 124 valence electrons. The molecule has 0 heterocycles. The number of hydrogen-bond acceptors (Lipinski definition) is 1. The van der Waals surface area contributed by atoms with Crippen molar-refractivity contribution in [1.29, 1.82) is 0 Å². The van der Waals surface area contributed by atoms with Gasteiger partial charge in [0.2, 0.25) is 0 Å². The van der Waals surface area contributed by atoms with Crippen LogP contribution in [0.5, 0.6) is 0 Å². The Morgan fingerprint density at radius 3 is 1.83 bits per heavy atom. The second-order valence-corrected chi connectivity index (χ2v) is 7.80. The number of halogens is 2. The summed E-state index contributed by atoms with van der Waals surface area (Å²) < 4.78 is 6.22. The van der Waals surface area contributed by atoms with Crippen LogP contribution < -0.4 is 0 Å². The van der Waals surface area contributed by atoms with Crippen LogP contribution >= 0.6 is 23.2 Å². The maximum absolute atomic E-state index is 6.22. The molecule has 2 aromatic rings. The van der Waals surface area contributed by atoms with E-state index in [2.05, 4.69) is 52.0 Å². The van der Waals surface area contributed by atoms with Crippen LogP contribution in [-0.2, 0) is 11.2 Å². The number of benzene rings is 2. The topological polar surface area (TPSA) is 9.23 Å². The summed E-state index contributed by atoms with van der Waals surface area (Å²) in [5.41, 5.74) is 2.31. The van der Waals surface area contributed by atoms with Gasteiger partial charge in [0, 0.05) is 16.0 Å². The average molecular weight is 351 g/mol. The van der Waals surface area contributed by atoms with Crippen molar-refractivity contribution in [2.45, 2.75) is 51.7 Å². The minimum Gasteiger partial charge on any atom is -0.372 e. The molecule has 23 heavy (non-hydrogen) atoms. The van der Waals surface area contributed by atoms with Gasteiger partial charge in [-0.05, 0) is 69.5 Å². The standard InChI is InChI=1S/C20H24Cl2O/c1-14(23-20(2,3)4)19(16-7-11-18(22)12-8-16)13-15-5-9-17(21)10-6-15/h5-12,14,19H,13H2,1-4H3. The zero-order valence-corrected chi connectivity index (χ0v) is 15.7. The van der Waals surface area contributed by atoms with Gasteiger partial charge in [-0.3, -0.25) is 0 Å². The fraction of sp³-hybridized carbons (Fsp3) is 0.400. The van der Waals surface area contributed by atoms with Gasteiger partial charge in [-0.25, -0.2) is 0 Å². The number of rotatable bonds is 5. The van der Waals surface area contributed by atoms with E-state index in [1.54, 1.807) is 0 Å². The quantitative estimate of drug-likeness (QED) is 0.595. The van der Waals surface area contributed by atoms with Crippen molar-refractivity contribution in [2.24, 2.45) is 0 Å². The molecule has 3 heteroatoms.